The first-order valence-corrected chi connectivity index (χ1v) is 5.60. The number of nitrogens with zero attached hydrogens (tertiary/aromatic N) is 3. The topological polar surface area (TPSA) is 80.2 Å². The summed E-state index contributed by atoms with van der Waals surface area (Å²) in [6.07, 6.45) is 2.94. The molecule has 1 aliphatic rings. The molecule has 0 saturated carbocycles. The number of ketones is 2. The number of Topliss-reactive ketones (excluding diaryl/α,β-unsaturated/α-hetero) is 2. The molecule has 2 atom stereocenters. The lowest BCUT2D eigenvalue weighted by Gasteiger charge is -2.21. The summed E-state index contributed by atoms with van der Waals surface area (Å²) >= 11 is 0. The average molecular weight is 247 g/mol. The fourth-order valence-corrected chi connectivity index (χ4v) is 2.15. The summed E-state index contributed by atoms with van der Waals surface area (Å²) in [6, 6.07) is -0.514. The van der Waals surface area contributed by atoms with Gasteiger partial charge in [0, 0.05) is 0 Å². The van der Waals surface area contributed by atoms with Crippen molar-refractivity contribution in [1.29, 1.82) is 0 Å². The van der Waals surface area contributed by atoms with Crippen LogP contribution in [0.5, 0.6) is 0 Å². The summed E-state index contributed by atoms with van der Waals surface area (Å²) in [4.78, 5) is 44.4. The standard InChI is InChI=1S/C12H13N3O3/c1-6-4-14-9(5-13-6)15-7(2)10(8(3)16)11(17)12(15)18/h4-5,7,10H,1-3H3. The van der Waals surface area contributed by atoms with E-state index in [2.05, 4.69) is 9.97 Å². The van der Waals surface area contributed by atoms with E-state index in [0.29, 0.717) is 11.5 Å². The van der Waals surface area contributed by atoms with Crippen LogP contribution in [-0.4, -0.2) is 33.5 Å². The van der Waals surface area contributed by atoms with Crippen LogP contribution in [0.15, 0.2) is 12.4 Å². The first-order valence-electron chi connectivity index (χ1n) is 5.60. The predicted octanol–water partition coefficient (Wildman–Crippen LogP) is 0.294. The van der Waals surface area contributed by atoms with Gasteiger partial charge in [-0.2, -0.15) is 0 Å². The zero-order valence-corrected chi connectivity index (χ0v) is 10.4. The summed E-state index contributed by atoms with van der Waals surface area (Å²) < 4.78 is 0. The van der Waals surface area contributed by atoms with Crippen LogP contribution < -0.4 is 4.90 Å². The minimum Gasteiger partial charge on any atom is -0.299 e. The largest absolute Gasteiger partial charge is 0.299 e. The van der Waals surface area contributed by atoms with Crippen molar-refractivity contribution in [3.05, 3.63) is 18.1 Å². The molecule has 2 rings (SSSR count). The lowest BCUT2D eigenvalue weighted by atomic mass is 9.96. The van der Waals surface area contributed by atoms with E-state index in [0.717, 1.165) is 0 Å². The fourth-order valence-electron chi connectivity index (χ4n) is 2.15. The van der Waals surface area contributed by atoms with Crippen LogP contribution >= 0.6 is 0 Å². The highest BCUT2D eigenvalue weighted by Gasteiger charge is 2.48. The number of aryl methyl sites for hydroxylation is 1. The van der Waals surface area contributed by atoms with Gasteiger partial charge in [0.1, 0.15) is 11.7 Å². The molecule has 1 aliphatic heterocycles. The van der Waals surface area contributed by atoms with Gasteiger partial charge in [0.2, 0.25) is 5.78 Å². The van der Waals surface area contributed by atoms with Gasteiger partial charge in [-0.05, 0) is 20.8 Å². The molecule has 1 aromatic heterocycles. The van der Waals surface area contributed by atoms with Crippen LogP contribution in [0.25, 0.3) is 0 Å². The Hall–Kier alpha value is -2.11. The minimum absolute atomic E-state index is 0.301. The Labute approximate surface area is 104 Å². The van der Waals surface area contributed by atoms with Gasteiger partial charge in [-0.3, -0.25) is 24.3 Å². The first-order chi connectivity index (χ1) is 8.43. The van der Waals surface area contributed by atoms with E-state index in [9.17, 15) is 14.4 Å². The number of anilines is 1. The molecule has 1 saturated heterocycles. The molecule has 0 spiro atoms. The van der Waals surface area contributed by atoms with Gasteiger partial charge < -0.3 is 0 Å². The monoisotopic (exact) mass is 247 g/mol. The van der Waals surface area contributed by atoms with Crippen molar-refractivity contribution < 1.29 is 14.4 Å². The third-order valence-corrected chi connectivity index (χ3v) is 3.05. The van der Waals surface area contributed by atoms with Crippen LogP contribution in [0.3, 0.4) is 0 Å². The number of amides is 1. The van der Waals surface area contributed by atoms with Crippen molar-refractivity contribution in [1.82, 2.24) is 9.97 Å². The number of carbonyl (C=O) groups excluding carboxylic acids is 3. The fraction of sp³-hybridized carbons (Fsp3) is 0.417. The quantitative estimate of drug-likeness (QED) is 0.554. The Bertz CT molecular complexity index is 524. The second-order valence-corrected chi connectivity index (χ2v) is 4.38. The Morgan fingerprint density at radius 1 is 1.28 bits per heavy atom. The molecular weight excluding hydrogens is 234 g/mol. The molecule has 6 heteroatoms. The molecule has 0 N–H and O–H groups in total. The van der Waals surface area contributed by atoms with Crippen LogP contribution in [0, 0.1) is 12.8 Å². The van der Waals surface area contributed by atoms with Gasteiger partial charge in [-0.25, -0.2) is 4.98 Å². The van der Waals surface area contributed by atoms with Gasteiger partial charge in [0.05, 0.1) is 24.1 Å². The van der Waals surface area contributed by atoms with Gasteiger partial charge in [-0.1, -0.05) is 0 Å². The van der Waals surface area contributed by atoms with Crippen LogP contribution in [0.4, 0.5) is 5.82 Å². The third-order valence-electron chi connectivity index (χ3n) is 3.05. The molecule has 0 radical (unpaired) electrons. The molecule has 2 unspecified atom stereocenters. The zero-order chi connectivity index (χ0) is 13.4. The zero-order valence-electron chi connectivity index (χ0n) is 10.4. The van der Waals surface area contributed by atoms with Crippen LogP contribution in [-0.2, 0) is 14.4 Å². The molecule has 1 aromatic rings. The van der Waals surface area contributed by atoms with Gasteiger partial charge in [-0.15, -0.1) is 0 Å². The molecule has 1 amide bonds. The van der Waals surface area contributed by atoms with Gasteiger partial charge in [0.25, 0.3) is 5.91 Å². The second-order valence-electron chi connectivity index (χ2n) is 4.38. The maximum Gasteiger partial charge on any atom is 0.296 e. The minimum atomic E-state index is -0.902. The first kappa shape index (κ1) is 12.3. The third kappa shape index (κ3) is 1.79. The highest BCUT2D eigenvalue weighted by atomic mass is 16.2. The van der Waals surface area contributed by atoms with Crippen LogP contribution in [0.1, 0.15) is 19.5 Å². The van der Waals surface area contributed by atoms with E-state index in [-0.39, 0.29) is 5.78 Å². The van der Waals surface area contributed by atoms with Crippen molar-refractivity contribution in [2.45, 2.75) is 26.8 Å². The smallest absolute Gasteiger partial charge is 0.296 e. The molecule has 0 aliphatic carbocycles. The number of rotatable bonds is 2. The molecule has 0 aromatic carbocycles. The molecule has 94 valence electrons. The molecular formula is C12H13N3O3. The van der Waals surface area contributed by atoms with E-state index in [4.69, 9.17) is 0 Å². The molecule has 1 fully saturated rings. The molecule has 18 heavy (non-hydrogen) atoms. The summed E-state index contributed by atoms with van der Waals surface area (Å²) in [6.45, 7) is 4.75. The summed E-state index contributed by atoms with van der Waals surface area (Å²) in [5, 5.41) is 0. The van der Waals surface area contributed by atoms with Crippen molar-refractivity contribution in [3.63, 3.8) is 0 Å². The normalized spacial score (nSPS) is 23.6. The van der Waals surface area contributed by atoms with Crippen molar-refractivity contribution in [3.8, 4) is 0 Å². The lowest BCUT2D eigenvalue weighted by Crippen LogP contribution is -2.35. The maximum absolute atomic E-state index is 11.9. The highest BCUT2D eigenvalue weighted by molar-refractivity contribution is 6.47. The van der Waals surface area contributed by atoms with Crippen LogP contribution in [0.2, 0.25) is 0 Å². The number of hydrogen-bond acceptors (Lipinski definition) is 5. The Morgan fingerprint density at radius 3 is 2.39 bits per heavy atom. The predicted molar refractivity (Wildman–Crippen MR) is 62.9 cm³/mol. The van der Waals surface area contributed by atoms with Crippen molar-refractivity contribution >= 4 is 23.3 Å². The average Bonchev–Trinajstić information content (AvgIpc) is 2.52. The van der Waals surface area contributed by atoms with E-state index in [1.165, 1.54) is 24.2 Å². The SMILES string of the molecule is CC(=O)C1C(=O)C(=O)N(c2cnc(C)cn2)C1C. The molecule has 2 heterocycles. The molecule has 0 bridgehead atoms. The Balaban J connectivity index is 2.40. The summed E-state index contributed by atoms with van der Waals surface area (Å²) in [5.41, 5.74) is 0.715. The summed E-state index contributed by atoms with van der Waals surface area (Å²) in [5.74, 6) is -2.27. The number of aromatic nitrogens is 2. The second kappa shape index (κ2) is 4.29. The van der Waals surface area contributed by atoms with Crippen molar-refractivity contribution in [2.24, 2.45) is 5.92 Å². The lowest BCUT2D eigenvalue weighted by molar-refractivity contribution is -0.138. The van der Waals surface area contributed by atoms with E-state index in [1.54, 1.807) is 13.8 Å². The Morgan fingerprint density at radius 2 is 1.94 bits per heavy atom. The molecule has 6 nitrogen and oxygen atoms in total. The summed E-state index contributed by atoms with van der Waals surface area (Å²) in [7, 11) is 0. The maximum atomic E-state index is 11.9. The van der Waals surface area contributed by atoms with E-state index < -0.39 is 23.7 Å². The van der Waals surface area contributed by atoms with Crippen molar-refractivity contribution in [2.75, 3.05) is 4.90 Å². The number of hydrogen-bond donors (Lipinski definition) is 0. The number of carbonyl (C=O) groups is 3. The van der Waals surface area contributed by atoms with Gasteiger partial charge >= 0.3 is 0 Å². The van der Waals surface area contributed by atoms with E-state index >= 15 is 0 Å². The highest BCUT2D eigenvalue weighted by Crippen LogP contribution is 2.27. The van der Waals surface area contributed by atoms with E-state index in [1.807, 2.05) is 0 Å². The Kier molecular flexibility index (Phi) is 2.94. The van der Waals surface area contributed by atoms with Gasteiger partial charge in [0.15, 0.2) is 5.82 Å².